The van der Waals surface area contributed by atoms with Crippen molar-refractivity contribution in [3.63, 3.8) is 0 Å². The summed E-state index contributed by atoms with van der Waals surface area (Å²) < 4.78 is 0. The zero-order chi connectivity index (χ0) is 19.5. The van der Waals surface area contributed by atoms with Crippen LogP contribution in [0.25, 0.3) is 0 Å². The minimum absolute atomic E-state index is 0.220. The number of amides is 2. The van der Waals surface area contributed by atoms with Gasteiger partial charge in [0, 0.05) is 29.6 Å². The van der Waals surface area contributed by atoms with Crippen molar-refractivity contribution in [3.05, 3.63) is 57.0 Å². The van der Waals surface area contributed by atoms with Crippen LogP contribution in [0.5, 0.6) is 0 Å². The van der Waals surface area contributed by atoms with E-state index in [1.54, 1.807) is 30.5 Å². The predicted octanol–water partition coefficient (Wildman–Crippen LogP) is 3.80. The number of nitrogens with zero attached hydrogens (tertiary/aromatic N) is 4. The highest BCUT2D eigenvalue weighted by Gasteiger charge is 2.27. The van der Waals surface area contributed by atoms with Crippen LogP contribution in [0, 0.1) is 0 Å². The highest BCUT2D eigenvalue weighted by Crippen LogP contribution is 2.42. The van der Waals surface area contributed by atoms with E-state index >= 15 is 0 Å². The summed E-state index contributed by atoms with van der Waals surface area (Å²) in [4.78, 5) is 29.3. The third-order valence-electron chi connectivity index (χ3n) is 4.26. The summed E-state index contributed by atoms with van der Waals surface area (Å²) in [5.41, 5.74) is 1.27. The minimum Gasteiger partial charge on any atom is -0.465 e. The first-order valence-electron chi connectivity index (χ1n) is 8.68. The lowest BCUT2D eigenvalue weighted by molar-refractivity contribution is 0.102. The number of carboxylic acid groups (broad SMARTS) is 1. The van der Waals surface area contributed by atoms with Gasteiger partial charge in [0.15, 0.2) is 0 Å². The Morgan fingerprint density at radius 3 is 2.61 bits per heavy atom. The zero-order valence-electron chi connectivity index (χ0n) is 14.7. The first-order chi connectivity index (χ1) is 13.6. The summed E-state index contributed by atoms with van der Waals surface area (Å²) in [6, 6.07) is 6.86. The molecule has 2 aromatic heterocycles. The molecule has 4 rings (SSSR count). The van der Waals surface area contributed by atoms with E-state index in [4.69, 9.17) is 0 Å². The second-order valence-electron chi connectivity index (χ2n) is 6.44. The second-order valence-corrected chi connectivity index (χ2v) is 8.42. The SMILES string of the molecule is O=C(Nc1nnc(C2CC2)s1)c1ccc(CN(Cc2nccs2)C(=O)O)cc1. The molecule has 0 radical (unpaired) electrons. The molecule has 2 N–H and O–H groups in total. The van der Waals surface area contributed by atoms with Gasteiger partial charge >= 0.3 is 6.09 Å². The van der Waals surface area contributed by atoms with Gasteiger partial charge in [-0.1, -0.05) is 23.5 Å². The number of thiazole rings is 1. The highest BCUT2D eigenvalue weighted by molar-refractivity contribution is 7.15. The van der Waals surface area contributed by atoms with Crippen molar-refractivity contribution in [1.82, 2.24) is 20.1 Å². The third kappa shape index (κ3) is 4.52. The van der Waals surface area contributed by atoms with Gasteiger partial charge in [-0.25, -0.2) is 9.78 Å². The van der Waals surface area contributed by atoms with Crippen LogP contribution in [0.3, 0.4) is 0 Å². The smallest absolute Gasteiger partial charge is 0.407 e. The van der Waals surface area contributed by atoms with Crippen molar-refractivity contribution in [2.24, 2.45) is 0 Å². The molecule has 1 aliphatic rings. The maximum Gasteiger partial charge on any atom is 0.407 e. The van der Waals surface area contributed by atoms with Crippen molar-refractivity contribution in [1.29, 1.82) is 0 Å². The van der Waals surface area contributed by atoms with Crippen molar-refractivity contribution in [3.8, 4) is 0 Å². The fourth-order valence-electron chi connectivity index (χ4n) is 2.62. The van der Waals surface area contributed by atoms with E-state index < -0.39 is 6.09 Å². The van der Waals surface area contributed by atoms with E-state index in [0.29, 0.717) is 16.6 Å². The second kappa shape index (κ2) is 8.03. The van der Waals surface area contributed by atoms with Crippen LogP contribution in [0.15, 0.2) is 35.8 Å². The monoisotopic (exact) mass is 415 g/mol. The van der Waals surface area contributed by atoms with Crippen molar-refractivity contribution < 1.29 is 14.7 Å². The molecule has 0 spiro atoms. The standard InChI is InChI=1S/C18H17N5O3S2/c24-15(20-17-22-21-16(28-17)13-5-6-13)12-3-1-11(2-4-12)9-23(18(25)26)10-14-19-7-8-27-14/h1-4,7-8,13H,5-6,9-10H2,(H,25,26)(H,20,22,24). The Kier molecular flexibility index (Phi) is 5.31. The predicted molar refractivity (Wildman–Crippen MR) is 106 cm³/mol. The number of rotatable bonds is 7. The molecular formula is C18H17N5O3S2. The van der Waals surface area contributed by atoms with E-state index in [1.807, 2.05) is 5.38 Å². The summed E-state index contributed by atoms with van der Waals surface area (Å²) in [6.45, 7) is 0.452. The number of nitrogens with one attached hydrogen (secondary N) is 1. The van der Waals surface area contributed by atoms with E-state index in [2.05, 4.69) is 20.5 Å². The molecule has 1 aromatic carbocycles. The molecular weight excluding hydrogens is 398 g/mol. The molecule has 1 fully saturated rings. The van der Waals surface area contributed by atoms with Crippen LogP contribution >= 0.6 is 22.7 Å². The topological polar surface area (TPSA) is 108 Å². The molecule has 2 amide bonds. The number of aromatic nitrogens is 3. The molecule has 0 bridgehead atoms. The first kappa shape index (κ1) is 18.5. The van der Waals surface area contributed by atoms with Gasteiger partial charge in [-0.2, -0.15) is 0 Å². The number of benzene rings is 1. The molecule has 1 saturated carbocycles. The maximum atomic E-state index is 12.4. The quantitative estimate of drug-likeness (QED) is 0.607. The number of carbonyl (C=O) groups is 2. The van der Waals surface area contributed by atoms with Gasteiger partial charge in [0.25, 0.3) is 5.91 Å². The van der Waals surface area contributed by atoms with E-state index in [9.17, 15) is 14.7 Å². The summed E-state index contributed by atoms with van der Waals surface area (Å²) in [5.74, 6) is 0.243. The summed E-state index contributed by atoms with van der Waals surface area (Å²) in [7, 11) is 0. The van der Waals surface area contributed by atoms with E-state index in [0.717, 1.165) is 28.4 Å². The van der Waals surface area contributed by atoms with Crippen molar-refractivity contribution in [2.75, 3.05) is 5.32 Å². The van der Waals surface area contributed by atoms with E-state index in [-0.39, 0.29) is 19.0 Å². The molecule has 2 heterocycles. The number of hydrogen-bond donors (Lipinski definition) is 2. The zero-order valence-corrected chi connectivity index (χ0v) is 16.4. The fraction of sp³-hybridized carbons (Fsp3) is 0.278. The van der Waals surface area contributed by atoms with Gasteiger partial charge in [-0.15, -0.1) is 21.5 Å². The van der Waals surface area contributed by atoms with Gasteiger partial charge in [-0.05, 0) is 30.5 Å². The van der Waals surface area contributed by atoms with Gasteiger partial charge in [0.1, 0.15) is 10.0 Å². The Labute approximate surface area is 168 Å². The normalized spacial score (nSPS) is 13.3. The van der Waals surface area contributed by atoms with Crippen molar-refractivity contribution >= 4 is 39.8 Å². The molecule has 0 unspecified atom stereocenters. The summed E-state index contributed by atoms with van der Waals surface area (Å²) >= 11 is 2.83. The molecule has 144 valence electrons. The number of anilines is 1. The first-order valence-corrected chi connectivity index (χ1v) is 10.4. The molecule has 10 heteroatoms. The average Bonchev–Trinajstić information content (AvgIpc) is 3.21. The lowest BCUT2D eigenvalue weighted by Gasteiger charge is -2.18. The molecule has 28 heavy (non-hydrogen) atoms. The Morgan fingerprint density at radius 2 is 1.96 bits per heavy atom. The van der Waals surface area contributed by atoms with Crippen LogP contribution in [0.4, 0.5) is 9.93 Å². The Hall–Kier alpha value is -2.85. The maximum absolute atomic E-state index is 12.4. The van der Waals surface area contributed by atoms with Gasteiger partial charge in [0.05, 0.1) is 6.54 Å². The molecule has 1 aliphatic carbocycles. The molecule has 8 nitrogen and oxygen atoms in total. The van der Waals surface area contributed by atoms with Crippen molar-refractivity contribution in [2.45, 2.75) is 31.8 Å². The Morgan fingerprint density at radius 1 is 1.18 bits per heavy atom. The van der Waals surface area contributed by atoms with Gasteiger partial charge in [-0.3, -0.25) is 15.0 Å². The average molecular weight is 416 g/mol. The molecule has 0 aliphatic heterocycles. The Bertz CT molecular complexity index is 968. The number of hydrogen-bond acceptors (Lipinski definition) is 7. The summed E-state index contributed by atoms with van der Waals surface area (Å²) in [6.07, 6.45) is 2.92. The third-order valence-corrected chi connectivity index (χ3v) is 6.02. The molecule has 0 atom stereocenters. The van der Waals surface area contributed by atoms with Gasteiger partial charge < -0.3 is 5.11 Å². The van der Waals surface area contributed by atoms with Crippen LogP contribution in [-0.4, -0.2) is 37.2 Å². The molecule has 3 aromatic rings. The van der Waals surface area contributed by atoms with Gasteiger partial charge in [0.2, 0.25) is 5.13 Å². The lowest BCUT2D eigenvalue weighted by Crippen LogP contribution is -2.28. The molecule has 0 saturated heterocycles. The largest absolute Gasteiger partial charge is 0.465 e. The van der Waals surface area contributed by atoms with Crippen LogP contribution in [0.1, 0.15) is 44.7 Å². The van der Waals surface area contributed by atoms with Crippen LogP contribution in [0.2, 0.25) is 0 Å². The van der Waals surface area contributed by atoms with Crippen LogP contribution < -0.4 is 5.32 Å². The lowest BCUT2D eigenvalue weighted by atomic mass is 10.1. The fourth-order valence-corrected chi connectivity index (χ4v) is 4.16. The number of carbonyl (C=O) groups excluding carboxylic acids is 1. The highest BCUT2D eigenvalue weighted by atomic mass is 32.1. The Balaban J connectivity index is 1.37. The van der Waals surface area contributed by atoms with E-state index in [1.165, 1.54) is 27.6 Å². The minimum atomic E-state index is -1.01. The van der Waals surface area contributed by atoms with Crippen LogP contribution in [-0.2, 0) is 13.1 Å². The summed E-state index contributed by atoms with van der Waals surface area (Å²) in [5, 5.41) is 24.3.